The lowest BCUT2D eigenvalue weighted by Crippen LogP contribution is -2.35. The normalized spacial score (nSPS) is 12.8. The molecule has 1 atom stereocenters. The predicted molar refractivity (Wildman–Crippen MR) is 97.5 cm³/mol. The zero-order valence-corrected chi connectivity index (χ0v) is 16.0. The first-order valence-electron chi connectivity index (χ1n) is 8.62. The van der Waals surface area contributed by atoms with Crippen molar-refractivity contribution in [3.05, 3.63) is 29.3 Å². The first-order valence-corrected chi connectivity index (χ1v) is 10.1. The number of amides is 1. The highest BCUT2D eigenvalue weighted by atomic mass is 32.2. The number of benzene rings is 1. The smallest absolute Gasteiger partial charge is 0.240 e. The summed E-state index contributed by atoms with van der Waals surface area (Å²) in [5.41, 5.74) is 1.72. The topological polar surface area (TPSA) is 75.3 Å². The van der Waals surface area contributed by atoms with Gasteiger partial charge in [-0.3, -0.25) is 4.79 Å². The van der Waals surface area contributed by atoms with Gasteiger partial charge in [-0.1, -0.05) is 43.9 Å². The summed E-state index contributed by atoms with van der Waals surface area (Å²) in [5.74, 6) is -0.123. The standard InChI is InChI=1S/C18H30N2O3S/c1-5-6-7-8-16(4)20-18(21)11-12-19-24(22,23)17-10-9-14(2)13-15(17)3/h9-10,13,16,19H,5-8,11-12H2,1-4H3,(H,20,21). The maximum absolute atomic E-state index is 12.3. The molecule has 0 fully saturated rings. The lowest BCUT2D eigenvalue weighted by atomic mass is 10.1. The van der Waals surface area contributed by atoms with Gasteiger partial charge in [-0.05, 0) is 38.8 Å². The van der Waals surface area contributed by atoms with Crippen LogP contribution in [0.4, 0.5) is 0 Å². The second-order valence-electron chi connectivity index (χ2n) is 6.38. The molecule has 136 valence electrons. The predicted octanol–water partition coefficient (Wildman–Crippen LogP) is 3.06. The van der Waals surface area contributed by atoms with Crippen molar-refractivity contribution < 1.29 is 13.2 Å². The summed E-state index contributed by atoms with van der Waals surface area (Å²) in [5, 5.41) is 2.91. The molecule has 0 aliphatic heterocycles. The van der Waals surface area contributed by atoms with Crippen LogP contribution in [0.25, 0.3) is 0 Å². The van der Waals surface area contributed by atoms with E-state index in [1.807, 2.05) is 19.9 Å². The van der Waals surface area contributed by atoms with Gasteiger partial charge in [-0.15, -0.1) is 0 Å². The fourth-order valence-corrected chi connectivity index (χ4v) is 3.85. The van der Waals surface area contributed by atoms with E-state index in [1.54, 1.807) is 19.1 Å². The molecule has 1 aromatic rings. The molecule has 1 aromatic carbocycles. The van der Waals surface area contributed by atoms with Gasteiger partial charge < -0.3 is 5.32 Å². The third-order valence-electron chi connectivity index (χ3n) is 3.91. The number of sulfonamides is 1. The Morgan fingerprint density at radius 3 is 2.54 bits per heavy atom. The third-order valence-corrected chi connectivity index (χ3v) is 5.53. The molecule has 0 aliphatic rings. The van der Waals surface area contributed by atoms with Crippen LogP contribution in [0.1, 0.15) is 57.1 Å². The third kappa shape index (κ3) is 7.01. The number of nitrogens with one attached hydrogen (secondary N) is 2. The Labute approximate surface area is 146 Å². The molecule has 0 aliphatic carbocycles. The average molecular weight is 355 g/mol. The largest absolute Gasteiger partial charge is 0.354 e. The highest BCUT2D eigenvalue weighted by Gasteiger charge is 2.17. The first-order chi connectivity index (χ1) is 11.3. The van der Waals surface area contributed by atoms with Crippen molar-refractivity contribution in [3.63, 3.8) is 0 Å². The van der Waals surface area contributed by atoms with E-state index in [0.29, 0.717) is 5.56 Å². The summed E-state index contributed by atoms with van der Waals surface area (Å²) in [7, 11) is -3.58. The molecule has 0 saturated heterocycles. The highest BCUT2D eigenvalue weighted by molar-refractivity contribution is 7.89. The molecule has 0 saturated carbocycles. The summed E-state index contributed by atoms with van der Waals surface area (Å²) in [6, 6.07) is 5.33. The van der Waals surface area contributed by atoms with Crippen LogP contribution in [-0.2, 0) is 14.8 Å². The monoisotopic (exact) mass is 354 g/mol. The minimum Gasteiger partial charge on any atom is -0.354 e. The van der Waals surface area contributed by atoms with E-state index in [0.717, 1.165) is 31.2 Å². The van der Waals surface area contributed by atoms with Crippen LogP contribution >= 0.6 is 0 Å². The van der Waals surface area contributed by atoms with Crippen molar-refractivity contribution in [2.45, 2.75) is 70.7 Å². The maximum atomic E-state index is 12.3. The van der Waals surface area contributed by atoms with Gasteiger partial charge in [0, 0.05) is 19.0 Å². The minimum atomic E-state index is -3.58. The van der Waals surface area contributed by atoms with Crippen LogP contribution in [0.5, 0.6) is 0 Å². The Morgan fingerprint density at radius 1 is 1.21 bits per heavy atom. The fourth-order valence-electron chi connectivity index (χ4n) is 2.60. The highest BCUT2D eigenvalue weighted by Crippen LogP contribution is 2.16. The lowest BCUT2D eigenvalue weighted by Gasteiger charge is -2.14. The van der Waals surface area contributed by atoms with Gasteiger partial charge in [-0.25, -0.2) is 13.1 Å². The zero-order chi connectivity index (χ0) is 18.2. The number of rotatable bonds is 10. The number of hydrogen-bond acceptors (Lipinski definition) is 3. The molecule has 0 radical (unpaired) electrons. The summed E-state index contributed by atoms with van der Waals surface area (Å²) in [4.78, 5) is 12.1. The van der Waals surface area contributed by atoms with Crippen molar-refractivity contribution in [1.29, 1.82) is 0 Å². The van der Waals surface area contributed by atoms with Crippen molar-refractivity contribution in [2.75, 3.05) is 6.54 Å². The first kappa shape index (κ1) is 20.6. The molecule has 24 heavy (non-hydrogen) atoms. The quantitative estimate of drug-likeness (QED) is 0.634. The zero-order valence-electron chi connectivity index (χ0n) is 15.2. The van der Waals surface area contributed by atoms with Crippen LogP contribution < -0.4 is 10.0 Å². The molecule has 0 aromatic heterocycles. The van der Waals surface area contributed by atoms with Gasteiger partial charge in [0.05, 0.1) is 4.90 Å². The Balaban J connectivity index is 2.44. The second kappa shape index (κ2) is 9.79. The number of carbonyl (C=O) groups is 1. The van der Waals surface area contributed by atoms with Crippen LogP contribution in [0.2, 0.25) is 0 Å². The molecular weight excluding hydrogens is 324 g/mol. The molecule has 0 heterocycles. The van der Waals surface area contributed by atoms with Gasteiger partial charge in [-0.2, -0.15) is 0 Å². The fraction of sp³-hybridized carbons (Fsp3) is 0.611. The summed E-state index contributed by atoms with van der Waals surface area (Å²) < 4.78 is 27.1. The number of hydrogen-bond donors (Lipinski definition) is 2. The number of unbranched alkanes of at least 4 members (excludes halogenated alkanes) is 2. The van der Waals surface area contributed by atoms with E-state index < -0.39 is 10.0 Å². The van der Waals surface area contributed by atoms with Crippen LogP contribution in [-0.4, -0.2) is 26.9 Å². The summed E-state index contributed by atoms with van der Waals surface area (Å²) in [6.07, 6.45) is 4.50. The molecule has 1 unspecified atom stereocenters. The summed E-state index contributed by atoms with van der Waals surface area (Å²) >= 11 is 0. The Bertz CT molecular complexity index is 642. The van der Waals surface area contributed by atoms with E-state index in [1.165, 1.54) is 0 Å². The molecule has 1 amide bonds. The van der Waals surface area contributed by atoms with Crippen LogP contribution in [0, 0.1) is 13.8 Å². The van der Waals surface area contributed by atoms with E-state index >= 15 is 0 Å². The average Bonchev–Trinajstić information content (AvgIpc) is 2.46. The second-order valence-corrected chi connectivity index (χ2v) is 8.12. The molecule has 6 heteroatoms. The molecule has 1 rings (SSSR count). The lowest BCUT2D eigenvalue weighted by molar-refractivity contribution is -0.121. The van der Waals surface area contributed by atoms with E-state index in [-0.39, 0.29) is 29.8 Å². The molecule has 5 nitrogen and oxygen atoms in total. The maximum Gasteiger partial charge on any atom is 0.240 e. The van der Waals surface area contributed by atoms with E-state index in [9.17, 15) is 13.2 Å². The van der Waals surface area contributed by atoms with Gasteiger partial charge in [0.25, 0.3) is 0 Å². The van der Waals surface area contributed by atoms with Crippen molar-refractivity contribution >= 4 is 15.9 Å². The van der Waals surface area contributed by atoms with Crippen LogP contribution in [0.3, 0.4) is 0 Å². The number of carbonyl (C=O) groups excluding carboxylic acids is 1. The van der Waals surface area contributed by atoms with Gasteiger partial charge >= 0.3 is 0 Å². The van der Waals surface area contributed by atoms with E-state index in [4.69, 9.17) is 0 Å². The Hall–Kier alpha value is -1.40. The van der Waals surface area contributed by atoms with Crippen molar-refractivity contribution in [1.82, 2.24) is 10.0 Å². The summed E-state index contributed by atoms with van der Waals surface area (Å²) in [6.45, 7) is 7.91. The van der Waals surface area contributed by atoms with Gasteiger partial charge in [0.15, 0.2) is 0 Å². The molecule has 0 spiro atoms. The number of aryl methyl sites for hydroxylation is 2. The molecule has 2 N–H and O–H groups in total. The van der Waals surface area contributed by atoms with Crippen molar-refractivity contribution in [3.8, 4) is 0 Å². The van der Waals surface area contributed by atoms with Crippen LogP contribution in [0.15, 0.2) is 23.1 Å². The van der Waals surface area contributed by atoms with E-state index in [2.05, 4.69) is 17.0 Å². The van der Waals surface area contributed by atoms with Gasteiger partial charge in [0.2, 0.25) is 15.9 Å². The molecular formula is C18H30N2O3S. The van der Waals surface area contributed by atoms with Gasteiger partial charge in [0.1, 0.15) is 0 Å². The van der Waals surface area contributed by atoms with Crippen molar-refractivity contribution in [2.24, 2.45) is 0 Å². The SMILES string of the molecule is CCCCCC(C)NC(=O)CCNS(=O)(=O)c1ccc(C)cc1C. The Morgan fingerprint density at radius 2 is 1.92 bits per heavy atom. The Kier molecular flexibility index (Phi) is 8.42. The molecule has 0 bridgehead atoms. The minimum absolute atomic E-state index is 0.100.